The van der Waals surface area contributed by atoms with Crippen molar-refractivity contribution in [1.29, 1.82) is 0 Å². The Labute approximate surface area is 139 Å². The molecule has 0 aromatic heterocycles. The predicted octanol–water partition coefficient (Wildman–Crippen LogP) is 2.72. The van der Waals surface area contributed by atoms with Crippen LogP contribution < -0.4 is 5.73 Å². The maximum absolute atomic E-state index is 14.2. The van der Waals surface area contributed by atoms with E-state index in [1.54, 1.807) is 20.8 Å². The Hall–Kier alpha value is -2.18. The fourth-order valence-corrected chi connectivity index (χ4v) is 2.97. The zero-order chi connectivity index (χ0) is 18.1. The van der Waals surface area contributed by atoms with Crippen LogP contribution in [0.5, 0.6) is 0 Å². The van der Waals surface area contributed by atoms with Gasteiger partial charge in [-0.05, 0) is 45.7 Å². The molecule has 1 fully saturated rings. The highest BCUT2D eigenvalue weighted by Crippen LogP contribution is 2.38. The number of halogens is 2. The smallest absolute Gasteiger partial charge is 0.410 e. The fourth-order valence-electron chi connectivity index (χ4n) is 2.97. The van der Waals surface area contributed by atoms with E-state index < -0.39 is 34.7 Å². The Kier molecular flexibility index (Phi) is 4.82. The molecule has 2 rings (SSSR count). The average Bonchev–Trinajstić information content (AvgIpc) is 2.45. The number of hydrogen-bond donors (Lipinski definition) is 1. The Morgan fingerprint density at radius 1 is 1.17 bits per heavy atom. The molecule has 7 heteroatoms. The van der Waals surface area contributed by atoms with Gasteiger partial charge in [-0.3, -0.25) is 4.79 Å². The minimum atomic E-state index is -1.46. The summed E-state index contributed by atoms with van der Waals surface area (Å²) in [5, 5.41) is 0. The number of nitrogens with zero attached hydrogens (tertiary/aromatic N) is 1. The summed E-state index contributed by atoms with van der Waals surface area (Å²) in [7, 11) is 0. The molecule has 1 heterocycles. The molecule has 0 unspecified atom stereocenters. The Balaban J connectivity index is 2.25. The number of carbonyl (C=O) groups excluding carboxylic acids is 2. The van der Waals surface area contributed by atoms with E-state index in [1.165, 1.54) is 11.0 Å². The van der Waals surface area contributed by atoms with E-state index in [2.05, 4.69) is 0 Å². The van der Waals surface area contributed by atoms with Gasteiger partial charge in [0.1, 0.15) is 17.2 Å². The molecule has 1 aliphatic rings. The molecule has 2 amide bonds. The summed E-state index contributed by atoms with van der Waals surface area (Å²) in [6, 6.07) is 3.44. The molecule has 1 aliphatic heterocycles. The molecule has 0 aliphatic carbocycles. The lowest BCUT2D eigenvalue weighted by Crippen LogP contribution is -2.52. The molecular weight excluding hydrogens is 318 g/mol. The number of primary amides is 1. The first kappa shape index (κ1) is 18.2. The van der Waals surface area contributed by atoms with E-state index in [9.17, 15) is 18.4 Å². The maximum Gasteiger partial charge on any atom is 0.410 e. The summed E-state index contributed by atoms with van der Waals surface area (Å²) in [4.78, 5) is 25.6. The standard InChI is InChI=1S/C17H22F2N2O3/c1-16(2,3)24-15(23)21-9-7-17(8-10-21,14(20)22)13-11(18)5-4-6-12(13)19/h4-6H,7-10H2,1-3H3,(H2,20,22). The van der Waals surface area contributed by atoms with Gasteiger partial charge in [-0.2, -0.15) is 0 Å². The third kappa shape index (κ3) is 3.49. The first-order valence-corrected chi connectivity index (χ1v) is 7.79. The van der Waals surface area contributed by atoms with Crippen LogP contribution in [0.25, 0.3) is 0 Å². The topological polar surface area (TPSA) is 72.6 Å². The van der Waals surface area contributed by atoms with Crippen LogP contribution in [0.1, 0.15) is 39.2 Å². The highest BCUT2D eigenvalue weighted by atomic mass is 19.1. The van der Waals surface area contributed by atoms with Crippen molar-refractivity contribution in [3.8, 4) is 0 Å². The van der Waals surface area contributed by atoms with Gasteiger partial charge in [-0.15, -0.1) is 0 Å². The number of carbonyl (C=O) groups is 2. The van der Waals surface area contributed by atoms with Gasteiger partial charge >= 0.3 is 6.09 Å². The van der Waals surface area contributed by atoms with Crippen molar-refractivity contribution >= 4 is 12.0 Å². The first-order valence-electron chi connectivity index (χ1n) is 7.79. The molecule has 1 aromatic rings. The van der Waals surface area contributed by atoms with Crippen LogP contribution in [-0.2, 0) is 14.9 Å². The monoisotopic (exact) mass is 340 g/mol. The van der Waals surface area contributed by atoms with Gasteiger partial charge in [0, 0.05) is 18.7 Å². The fraction of sp³-hybridized carbons (Fsp3) is 0.529. The van der Waals surface area contributed by atoms with Crippen LogP contribution in [0.4, 0.5) is 13.6 Å². The molecule has 1 aromatic carbocycles. The van der Waals surface area contributed by atoms with Crippen molar-refractivity contribution in [2.24, 2.45) is 5.73 Å². The Morgan fingerprint density at radius 2 is 1.67 bits per heavy atom. The molecule has 0 radical (unpaired) electrons. The van der Waals surface area contributed by atoms with Crippen LogP contribution >= 0.6 is 0 Å². The van der Waals surface area contributed by atoms with Crippen LogP contribution in [-0.4, -0.2) is 35.6 Å². The molecule has 0 saturated carbocycles. The van der Waals surface area contributed by atoms with E-state index in [0.717, 1.165) is 12.1 Å². The largest absolute Gasteiger partial charge is 0.444 e. The van der Waals surface area contributed by atoms with Crippen molar-refractivity contribution in [1.82, 2.24) is 4.90 Å². The minimum Gasteiger partial charge on any atom is -0.444 e. The Morgan fingerprint density at radius 3 is 2.08 bits per heavy atom. The Bertz CT molecular complexity index is 627. The second-order valence-corrected chi connectivity index (χ2v) is 7.01. The van der Waals surface area contributed by atoms with E-state index in [1.807, 2.05) is 0 Å². The lowest BCUT2D eigenvalue weighted by Gasteiger charge is -2.40. The lowest BCUT2D eigenvalue weighted by molar-refractivity contribution is -0.125. The van der Waals surface area contributed by atoms with Crippen molar-refractivity contribution < 1.29 is 23.1 Å². The van der Waals surface area contributed by atoms with Crippen LogP contribution in [0, 0.1) is 11.6 Å². The summed E-state index contributed by atoms with van der Waals surface area (Å²) < 4.78 is 33.6. The second-order valence-electron chi connectivity index (χ2n) is 7.01. The van der Waals surface area contributed by atoms with Gasteiger partial charge in [0.05, 0.1) is 5.41 Å². The van der Waals surface area contributed by atoms with Crippen LogP contribution in [0.15, 0.2) is 18.2 Å². The summed E-state index contributed by atoms with van der Waals surface area (Å²) in [5.74, 6) is -2.41. The molecule has 0 atom stereocenters. The number of hydrogen-bond acceptors (Lipinski definition) is 3. The van der Waals surface area contributed by atoms with Crippen LogP contribution in [0.3, 0.4) is 0 Å². The molecule has 5 nitrogen and oxygen atoms in total. The molecule has 0 bridgehead atoms. The maximum atomic E-state index is 14.2. The van der Waals surface area contributed by atoms with Crippen LogP contribution in [0.2, 0.25) is 0 Å². The van der Waals surface area contributed by atoms with Crippen molar-refractivity contribution in [3.05, 3.63) is 35.4 Å². The zero-order valence-electron chi connectivity index (χ0n) is 14.1. The number of amides is 2. The summed E-state index contributed by atoms with van der Waals surface area (Å²) in [6.45, 7) is 5.50. The van der Waals surface area contributed by atoms with Gasteiger partial charge in [-0.1, -0.05) is 6.07 Å². The zero-order valence-corrected chi connectivity index (χ0v) is 14.1. The van der Waals surface area contributed by atoms with Gasteiger partial charge < -0.3 is 15.4 Å². The summed E-state index contributed by atoms with van der Waals surface area (Å²) in [6.07, 6.45) is -0.437. The normalized spacial score (nSPS) is 17.5. The molecule has 0 spiro atoms. The molecular formula is C17H22F2N2O3. The third-order valence-electron chi connectivity index (χ3n) is 4.18. The number of ether oxygens (including phenoxy) is 1. The van der Waals surface area contributed by atoms with Gasteiger partial charge in [0.15, 0.2) is 0 Å². The van der Waals surface area contributed by atoms with Gasteiger partial charge in [-0.25, -0.2) is 13.6 Å². The number of nitrogens with two attached hydrogens (primary N) is 1. The molecule has 132 valence electrons. The second kappa shape index (κ2) is 6.37. The molecule has 1 saturated heterocycles. The van der Waals surface area contributed by atoms with E-state index in [-0.39, 0.29) is 31.5 Å². The third-order valence-corrected chi connectivity index (χ3v) is 4.18. The predicted molar refractivity (Wildman–Crippen MR) is 84.3 cm³/mol. The summed E-state index contributed by atoms with van der Waals surface area (Å²) in [5.41, 5.74) is 3.06. The van der Waals surface area contributed by atoms with Gasteiger partial charge in [0.2, 0.25) is 5.91 Å². The van der Waals surface area contributed by atoms with Crippen molar-refractivity contribution in [2.75, 3.05) is 13.1 Å². The van der Waals surface area contributed by atoms with Gasteiger partial charge in [0.25, 0.3) is 0 Å². The lowest BCUT2D eigenvalue weighted by atomic mass is 9.71. The van der Waals surface area contributed by atoms with Crippen molar-refractivity contribution in [3.63, 3.8) is 0 Å². The number of piperidine rings is 1. The minimum absolute atomic E-state index is 0.0411. The number of rotatable bonds is 2. The van der Waals surface area contributed by atoms with E-state index >= 15 is 0 Å². The first-order chi connectivity index (χ1) is 11.1. The number of likely N-dealkylation sites (tertiary alicyclic amines) is 1. The highest BCUT2D eigenvalue weighted by molar-refractivity contribution is 5.87. The SMILES string of the molecule is CC(C)(C)OC(=O)N1CCC(C(N)=O)(c2c(F)cccc2F)CC1. The molecule has 2 N–H and O–H groups in total. The van der Waals surface area contributed by atoms with E-state index in [0.29, 0.717) is 0 Å². The summed E-state index contributed by atoms with van der Waals surface area (Å²) >= 11 is 0. The van der Waals surface area contributed by atoms with Crippen molar-refractivity contribution in [2.45, 2.75) is 44.6 Å². The average molecular weight is 340 g/mol. The number of benzene rings is 1. The highest BCUT2D eigenvalue weighted by Gasteiger charge is 2.46. The molecule has 24 heavy (non-hydrogen) atoms. The van der Waals surface area contributed by atoms with E-state index in [4.69, 9.17) is 10.5 Å². The quantitative estimate of drug-likeness (QED) is 0.900.